The largest absolute Gasteiger partial charge is 0.368 e. The molecule has 7 heteroatoms. The molecule has 5 heterocycles. The average molecular weight is 363 g/mol. The van der Waals surface area contributed by atoms with E-state index in [0.717, 1.165) is 36.3 Å². The van der Waals surface area contributed by atoms with Crippen LogP contribution in [0.1, 0.15) is 62.2 Å². The van der Waals surface area contributed by atoms with E-state index >= 15 is 0 Å². The predicted octanol–water partition coefficient (Wildman–Crippen LogP) is 2.66. The minimum absolute atomic E-state index is 0.0232. The number of aromatic nitrogens is 5. The number of nitrogens with two attached hydrogens (primary N) is 1. The molecule has 1 saturated heterocycles. The maximum atomic E-state index is 5.62. The van der Waals surface area contributed by atoms with E-state index < -0.39 is 0 Å². The summed E-state index contributed by atoms with van der Waals surface area (Å²) in [6.45, 7) is 7.43. The second kappa shape index (κ2) is 5.73. The van der Waals surface area contributed by atoms with Crippen molar-refractivity contribution in [3.8, 4) is 0 Å². The van der Waals surface area contributed by atoms with Gasteiger partial charge in [0.15, 0.2) is 5.65 Å². The number of anilines is 1. The van der Waals surface area contributed by atoms with Gasteiger partial charge in [0.1, 0.15) is 0 Å². The first-order chi connectivity index (χ1) is 12.9. The Bertz CT molecular complexity index is 1000. The molecule has 2 atom stereocenters. The first-order valence-electron chi connectivity index (χ1n) is 9.60. The van der Waals surface area contributed by atoms with E-state index in [1.807, 2.05) is 12.4 Å². The van der Waals surface area contributed by atoms with Gasteiger partial charge in [0, 0.05) is 66.2 Å². The van der Waals surface area contributed by atoms with Crippen molar-refractivity contribution in [2.45, 2.75) is 64.1 Å². The Labute approximate surface area is 158 Å². The van der Waals surface area contributed by atoms with Crippen LogP contribution in [-0.2, 0) is 18.4 Å². The summed E-state index contributed by atoms with van der Waals surface area (Å²) in [5.41, 5.74) is 11.4. The van der Waals surface area contributed by atoms with E-state index in [1.54, 1.807) is 0 Å². The third kappa shape index (κ3) is 2.68. The molecule has 0 aliphatic carbocycles. The minimum atomic E-state index is 0.0232. The summed E-state index contributed by atoms with van der Waals surface area (Å²) >= 11 is 0. The standard InChI is InChI=1S/C20H25N7/c1-20(2,3)17-7-18-22-10-14-15-5-4-13(6-16(14)27(18)25-17)26(15)11-12-8-23-19(21)24-9-12/h7-10,13,15H,4-6,11H2,1-3H3,(H2,21,23,24)/t13-,15-/m0/s1. The van der Waals surface area contributed by atoms with E-state index in [9.17, 15) is 0 Å². The molecule has 2 aliphatic heterocycles. The molecular weight excluding hydrogens is 338 g/mol. The van der Waals surface area contributed by atoms with Gasteiger partial charge >= 0.3 is 0 Å². The first kappa shape index (κ1) is 16.6. The number of rotatable bonds is 2. The maximum absolute atomic E-state index is 5.62. The topological polar surface area (TPSA) is 85.2 Å². The molecular formula is C20H25N7. The summed E-state index contributed by atoms with van der Waals surface area (Å²) in [6.07, 6.45) is 9.10. The van der Waals surface area contributed by atoms with Crippen LogP contribution in [0.25, 0.3) is 5.65 Å². The molecule has 27 heavy (non-hydrogen) atoms. The molecule has 0 amide bonds. The predicted molar refractivity (Wildman–Crippen MR) is 103 cm³/mol. The van der Waals surface area contributed by atoms with Crippen molar-refractivity contribution < 1.29 is 0 Å². The van der Waals surface area contributed by atoms with Gasteiger partial charge in [-0.2, -0.15) is 5.10 Å². The Kier molecular flexibility index (Phi) is 3.53. The average Bonchev–Trinajstić information content (AvgIpc) is 3.18. The van der Waals surface area contributed by atoms with Crippen LogP contribution in [0.5, 0.6) is 0 Å². The zero-order chi connectivity index (χ0) is 18.8. The normalized spacial score (nSPS) is 22.3. The Balaban J connectivity index is 1.52. The van der Waals surface area contributed by atoms with E-state index in [2.05, 4.69) is 52.4 Å². The molecule has 7 nitrogen and oxygen atoms in total. The van der Waals surface area contributed by atoms with Crippen LogP contribution in [0.3, 0.4) is 0 Å². The molecule has 0 aromatic carbocycles. The number of hydrogen-bond donors (Lipinski definition) is 1. The van der Waals surface area contributed by atoms with E-state index in [1.165, 1.54) is 17.7 Å². The summed E-state index contributed by atoms with van der Waals surface area (Å²) in [7, 11) is 0. The molecule has 0 radical (unpaired) electrons. The molecule has 3 aromatic heterocycles. The lowest BCUT2D eigenvalue weighted by atomic mass is 9.93. The van der Waals surface area contributed by atoms with Gasteiger partial charge in [-0.3, -0.25) is 4.90 Å². The molecule has 2 N–H and O–H groups in total. The van der Waals surface area contributed by atoms with Gasteiger partial charge in [-0.1, -0.05) is 20.8 Å². The van der Waals surface area contributed by atoms with Gasteiger partial charge in [0.2, 0.25) is 5.95 Å². The van der Waals surface area contributed by atoms with E-state index in [4.69, 9.17) is 15.8 Å². The Morgan fingerprint density at radius 3 is 2.63 bits per heavy atom. The molecule has 0 unspecified atom stereocenters. The quantitative estimate of drug-likeness (QED) is 0.753. The highest BCUT2D eigenvalue weighted by molar-refractivity contribution is 5.45. The summed E-state index contributed by atoms with van der Waals surface area (Å²) in [6, 6.07) is 3.03. The Morgan fingerprint density at radius 2 is 1.89 bits per heavy atom. The fourth-order valence-electron chi connectivity index (χ4n) is 4.45. The smallest absolute Gasteiger partial charge is 0.219 e. The number of nitrogens with zero attached hydrogens (tertiary/aromatic N) is 6. The van der Waals surface area contributed by atoms with Gasteiger partial charge in [-0.25, -0.2) is 19.5 Å². The van der Waals surface area contributed by atoms with Crippen molar-refractivity contribution in [2.75, 3.05) is 5.73 Å². The molecule has 140 valence electrons. The van der Waals surface area contributed by atoms with Crippen LogP contribution in [0.15, 0.2) is 24.7 Å². The van der Waals surface area contributed by atoms with Gasteiger partial charge in [-0.15, -0.1) is 0 Å². The maximum Gasteiger partial charge on any atom is 0.219 e. The lowest BCUT2D eigenvalue weighted by Crippen LogP contribution is -2.38. The van der Waals surface area contributed by atoms with Crippen molar-refractivity contribution in [2.24, 2.45) is 0 Å². The Hall–Kier alpha value is -2.54. The van der Waals surface area contributed by atoms with Crippen LogP contribution in [0.2, 0.25) is 0 Å². The molecule has 1 fully saturated rings. The summed E-state index contributed by atoms with van der Waals surface area (Å²) < 4.78 is 2.09. The van der Waals surface area contributed by atoms with Gasteiger partial charge in [0.25, 0.3) is 0 Å². The van der Waals surface area contributed by atoms with Gasteiger partial charge in [-0.05, 0) is 12.8 Å². The number of nitrogen functional groups attached to an aromatic ring is 1. The molecule has 5 rings (SSSR count). The minimum Gasteiger partial charge on any atom is -0.368 e. The first-order valence-corrected chi connectivity index (χ1v) is 9.60. The van der Waals surface area contributed by atoms with Crippen LogP contribution in [-0.4, -0.2) is 35.5 Å². The summed E-state index contributed by atoms with van der Waals surface area (Å²) in [5.74, 6) is 0.325. The van der Waals surface area contributed by atoms with Gasteiger partial charge in [0.05, 0.1) is 11.4 Å². The van der Waals surface area contributed by atoms with Crippen molar-refractivity contribution in [1.29, 1.82) is 0 Å². The van der Waals surface area contributed by atoms with Crippen LogP contribution < -0.4 is 5.73 Å². The summed E-state index contributed by atoms with van der Waals surface area (Å²) in [5, 5.41) is 4.91. The number of fused-ring (bicyclic) bond motifs is 6. The molecule has 2 bridgehead atoms. The molecule has 3 aromatic rings. The second-order valence-corrected chi connectivity index (χ2v) is 8.78. The second-order valence-electron chi connectivity index (χ2n) is 8.78. The van der Waals surface area contributed by atoms with E-state index in [-0.39, 0.29) is 5.41 Å². The highest BCUT2D eigenvalue weighted by Gasteiger charge is 2.41. The fourth-order valence-corrected chi connectivity index (χ4v) is 4.45. The Morgan fingerprint density at radius 1 is 1.11 bits per heavy atom. The van der Waals surface area contributed by atoms with Crippen molar-refractivity contribution in [1.82, 2.24) is 29.5 Å². The highest BCUT2D eigenvalue weighted by Crippen LogP contribution is 2.44. The molecule has 0 spiro atoms. The van der Waals surface area contributed by atoms with Gasteiger partial charge < -0.3 is 5.73 Å². The third-order valence-corrected chi connectivity index (χ3v) is 5.90. The van der Waals surface area contributed by atoms with Crippen LogP contribution >= 0.6 is 0 Å². The lowest BCUT2D eigenvalue weighted by molar-refractivity contribution is 0.164. The zero-order valence-corrected chi connectivity index (χ0v) is 16.1. The van der Waals surface area contributed by atoms with Crippen LogP contribution in [0, 0.1) is 0 Å². The van der Waals surface area contributed by atoms with Crippen LogP contribution in [0.4, 0.5) is 5.95 Å². The lowest BCUT2D eigenvalue weighted by Gasteiger charge is -2.36. The van der Waals surface area contributed by atoms with Crippen molar-refractivity contribution in [3.63, 3.8) is 0 Å². The SMILES string of the molecule is CC(C)(C)c1cc2ncc3c(n2n1)C[C@@H]1CC[C@@H]3N1Cc1cnc(N)nc1. The summed E-state index contributed by atoms with van der Waals surface area (Å²) in [4.78, 5) is 15.6. The highest BCUT2D eigenvalue weighted by atomic mass is 15.3. The zero-order valence-electron chi connectivity index (χ0n) is 16.1. The molecule has 0 saturated carbocycles. The van der Waals surface area contributed by atoms with E-state index in [0.29, 0.717) is 18.0 Å². The monoisotopic (exact) mass is 363 g/mol. The third-order valence-electron chi connectivity index (χ3n) is 5.90. The fraction of sp³-hybridized carbons (Fsp3) is 0.500. The number of hydrogen-bond acceptors (Lipinski definition) is 6. The molecule has 2 aliphatic rings. The van der Waals surface area contributed by atoms with Crippen molar-refractivity contribution >= 4 is 11.6 Å². The van der Waals surface area contributed by atoms with Crippen molar-refractivity contribution in [3.05, 3.63) is 47.2 Å².